The first-order chi connectivity index (χ1) is 8.04. The monoisotopic (exact) mass is 236 g/mol. The third-order valence-electron chi connectivity index (χ3n) is 2.94. The molecule has 0 saturated carbocycles. The molecule has 1 unspecified atom stereocenters. The van der Waals surface area contributed by atoms with E-state index in [1.165, 1.54) is 11.1 Å². The van der Waals surface area contributed by atoms with Crippen LogP contribution in [0.2, 0.25) is 0 Å². The molecule has 1 aliphatic heterocycles. The molecule has 0 spiro atoms. The van der Waals surface area contributed by atoms with Crippen molar-refractivity contribution in [3.05, 3.63) is 29.3 Å². The quantitative estimate of drug-likeness (QED) is 0.754. The van der Waals surface area contributed by atoms with E-state index in [-0.39, 0.29) is 18.3 Å². The van der Waals surface area contributed by atoms with Gasteiger partial charge in [0.1, 0.15) is 5.75 Å². The highest BCUT2D eigenvalue weighted by Crippen LogP contribution is 2.46. The summed E-state index contributed by atoms with van der Waals surface area (Å²) < 4.78 is 16.5. The van der Waals surface area contributed by atoms with E-state index in [0.717, 1.165) is 5.75 Å². The lowest BCUT2D eigenvalue weighted by Gasteiger charge is -2.27. The van der Waals surface area contributed by atoms with E-state index in [4.69, 9.17) is 14.2 Å². The third-order valence-corrected chi connectivity index (χ3v) is 2.94. The zero-order valence-electron chi connectivity index (χ0n) is 10.9. The van der Waals surface area contributed by atoms with Crippen LogP contribution in [0.1, 0.15) is 38.0 Å². The van der Waals surface area contributed by atoms with Gasteiger partial charge in [-0.3, -0.25) is 0 Å². The second kappa shape index (κ2) is 4.67. The molecule has 0 bridgehead atoms. The van der Waals surface area contributed by atoms with E-state index in [9.17, 15) is 0 Å². The molecule has 0 radical (unpaired) electrons. The van der Waals surface area contributed by atoms with Crippen LogP contribution in [0.5, 0.6) is 5.75 Å². The van der Waals surface area contributed by atoms with Crippen LogP contribution in [-0.2, 0) is 16.1 Å². The number of hydrogen-bond donors (Lipinski definition) is 0. The molecule has 0 amide bonds. The molecule has 3 nitrogen and oxygen atoms in total. The summed E-state index contributed by atoms with van der Waals surface area (Å²) >= 11 is 0. The molecule has 17 heavy (non-hydrogen) atoms. The normalized spacial score (nSPS) is 19.2. The predicted molar refractivity (Wildman–Crippen MR) is 65.9 cm³/mol. The number of ether oxygens (including phenoxy) is 3. The predicted octanol–water partition coefficient (Wildman–Crippen LogP) is 3.29. The Labute approximate surface area is 103 Å². The lowest BCUT2D eigenvalue weighted by Crippen LogP contribution is -2.18. The highest BCUT2D eigenvalue weighted by molar-refractivity contribution is 5.44. The fourth-order valence-electron chi connectivity index (χ4n) is 2.20. The van der Waals surface area contributed by atoms with Crippen LogP contribution in [0.3, 0.4) is 0 Å². The van der Waals surface area contributed by atoms with Gasteiger partial charge >= 0.3 is 0 Å². The molecular formula is C14H20O3. The first kappa shape index (κ1) is 12.4. The molecular weight excluding hydrogens is 216 g/mol. The van der Waals surface area contributed by atoms with Crippen molar-refractivity contribution in [3.8, 4) is 5.75 Å². The summed E-state index contributed by atoms with van der Waals surface area (Å²) in [6, 6.07) is 6.07. The first-order valence-corrected chi connectivity index (χ1v) is 5.89. The minimum absolute atomic E-state index is 0.0672. The van der Waals surface area contributed by atoms with E-state index in [1.807, 2.05) is 12.1 Å². The lowest BCUT2D eigenvalue weighted by molar-refractivity contribution is -0.0113. The summed E-state index contributed by atoms with van der Waals surface area (Å²) in [5, 5.41) is 0. The van der Waals surface area contributed by atoms with Crippen LogP contribution in [0.25, 0.3) is 0 Å². The lowest BCUT2D eigenvalue weighted by atomic mass is 9.84. The number of rotatable bonds is 3. The Morgan fingerprint density at radius 2 is 2.12 bits per heavy atom. The standard InChI is InChI=1S/C14H20O3/c1-14(2,3)13-12-10(8-16-13)6-5-7-11(12)17-9-15-4/h5-7,13H,8-9H2,1-4H3. The van der Waals surface area contributed by atoms with Gasteiger partial charge in [-0.05, 0) is 17.0 Å². The summed E-state index contributed by atoms with van der Waals surface area (Å²) in [5.74, 6) is 0.877. The van der Waals surface area contributed by atoms with Crippen molar-refractivity contribution in [2.24, 2.45) is 5.41 Å². The van der Waals surface area contributed by atoms with Crippen molar-refractivity contribution in [2.45, 2.75) is 33.5 Å². The average Bonchev–Trinajstić information content (AvgIpc) is 2.69. The highest BCUT2D eigenvalue weighted by atomic mass is 16.7. The highest BCUT2D eigenvalue weighted by Gasteiger charge is 2.35. The molecule has 0 aliphatic carbocycles. The maximum Gasteiger partial charge on any atom is 0.188 e. The zero-order valence-corrected chi connectivity index (χ0v) is 10.9. The maximum absolute atomic E-state index is 5.89. The first-order valence-electron chi connectivity index (χ1n) is 5.89. The van der Waals surface area contributed by atoms with Gasteiger partial charge in [-0.15, -0.1) is 0 Å². The Balaban J connectivity index is 2.35. The summed E-state index contributed by atoms with van der Waals surface area (Å²) in [4.78, 5) is 0. The van der Waals surface area contributed by atoms with Gasteiger partial charge in [-0.25, -0.2) is 0 Å². The number of fused-ring (bicyclic) bond motifs is 1. The summed E-state index contributed by atoms with van der Waals surface area (Å²) in [5.41, 5.74) is 2.47. The number of methoxy groups -OCH3 is 1. The van der Waals surface area contributed by atoms with Crippen molar-refractivity contribution >= 4 is 0 Å². The fourth-order valence-corrected chi connectivity index (χ4v) is 2.20. The number of benzene rings is 1. The molecule has 1 heterocycles. The SMILES string of the molecule is COCOc1cccc2c1C(C(C)(C)C)OC2. The molecule has 1 atom stereocenters. The van der Waals surface area contributed by atoms with Crippen LogP contribution in [0.15, 0.2) is 18.2 Å². The molecule has 1 aliphatic rings. The van der Waals surface area contributed by atoms with Crippen molar-refractivity contribution in [2.75, 3.05) is 13.9 Å². The van der Waals surface area contributed by atoms with E-state index in [0.29, 0.717) is 6.61 Å². The van der Waals surface area contributed by atoms with Gasteiger partial charge in [-0.2, -0.15) is 0 Å². The second-order valence-corrected chi connectivity index (χ2v) is 5.44. The van der Waals surface area contributed by atoms with Gasteiger partial charge < -0.3 is 14.2 Å². The van der Waals surface area contributed by atoms with Gasteiger partial charge in [0.2, 0.25) is 0 Å². The number of hydrogen-bond acceptors (Lipinski definition) is 3. The van der Waals surface area contributed by atoms with Gasteiger partial charge in [0.05, 0.1) is 12.7 Å². The fraction of sp³-hybridized carbons (Fsp3) is 0.571. The Kier molecular flexibility index (Phi) is 3.40. The average molecular weight is 236 g/mol. The third kappa shape index (κ3) is 2.45. The Morgan fingerprint density at radius 3 is 2.76 bits per heavy atom. The van der Waals surface area contributed by atoms with Crippen LogP contribution < -0.4 is 4.74 Å². The molecule has 0 N–H and O–H groups in total. The summed E-state index contributed by atoms with van der Waals surface area (Å²) in [7, 11) is 1.63. The van der Waals surface area contributed by atoms with Crippen molar-refractivity contribution < 1.29 is 14.2 Å². The molecule has 0 fully saturated rings. The van der Waals surface area contributed by atoms with Gasteiger partial charge in [0.15, 0.2) is 6.79 Å². The van der Waals surface area contributed by atoms with Crippen molar-refractivity contribution in [3.63, 3.8) is 0 Å². The van der Waals surface area contributed by atoms with Gasteiger partial charge in [0, 0.05) is 12.7 Å². The van der Waals surface area contributed by atoms with E-state index in [2.05, 4.69) is 26.8 Å². The summed E-state index contributed by atoms with van der Waals surface area (Å²) in [6.45, 7) is 7.48. The van der Waals surface area contributed by atoms with Crippen LogP contribution in [0.4, 0.5) is 0 Å². The van der Waals surface area contributed by atoms with Crippen molar-refractivity contribution in [1.82, 2.24) is 0 Å². The minimum atomic E-state index is 0.0672. The van der Waals surface area contributed by atoms with E-state index < -0.39 is 0 Å². The molecule has 94 valence electrons. The zero-order chi connectivity index (χ0) is 12.5. The summed E-state index contributed by atoms with van der Waals surface area (Å²) in [6.07, 6.45) is 0.0885. The van der Waals surface area contributed by atoms with Gasteiger partial charge in [0.25, 0.3) is 0 Å². The van der Waals surface area contributed by atoms with Crippen molar-refractivity contribution in [1.29, 1.82) is 0 Å². The minimum Gasteiger partial charge on any atom is -0.467 e. The van der Waals surface area contributed by atoms with Crippen LogP contribution in [0, 0.1) is 5.41 Å². The Morgan fingerprint density at radius 1 is 1.35 bits per heavy atom. The molecule has 1 aromatic carbocycles. The smallest absolute Gasteiger partial charge is 0.188 e. The van der Waals surface area contributed by atoms with E-state index >= 15 is 0 Å². The molecule has 2 rings (SSSR count). The molecule has 1 aromatic rings. The van der Waals surface area contributed by atoms with Gasteiger partial charge in [-0.1, -0.05) is 32.9 Å². The Bertz CT molecular complexity index is 393. The van der Waals surface area contributed by atoms with Crippen LogP contribution >= 0.6 is 0 Å². The topological polar surface area (TPSA) is 27.7 Å². The van der Waals surface area contributed by atoms with Crippen LogP contribution in [-0.4, -0.2) is 13.9 Å². The molecule has 3 heteroatoms. The second-order valence-electron chi connectivity index (χ2n) is 5.44. The maximum atomic E-state index is 5.89. The molecule has 0 saturated heterocycles. The van der Waals surface area contributed by atoms with E-state index in [1.54, 1.807) is 7.11 Å². The largest absolute Gasteiger partial charge is 0.467 e. The molecule has 0 aromatic heterocycles. The Hall–Kier alpha value is -1.06.